The van der Waals surface area contributed by atoms with Crippen molar-refractivity contribution in [2.24, 2.45) is 0 Å². The first-order valence-corrected chi connectivity index (χ1v) is 15.3. The standard InChI is InChI=1S/C34H37Cl2N3O3/c1-3-38(20-26-10-4-5-11-29(26)35)34(41)33-28(19-27-21-39(23(2)40)22-31(33)37-27)25-16-14-24(15-17-25)9-8-18-42-32-13-7-6-12-30(32)36/h4-7,10-17,27,31,37H,3,8-9,18-22H2,1-2H3/t27-,31-/m1/s1. The second kappa shape index (κ2) is 13.8. The number of nitrogens with one attached hydrogen (secondary N) is 1. The maximum Gasteiger partial charge on any atom is 0.252 e. The zero-order valence-electron chi connectivity index (χ0n) is 24.1. The Morgan fingerprint density at radius 3 is 2.38 bits per heavy atom. The fourth-order valence-electron chi connectivity index (χ4n) is 5.85. The molecule has 1 N–H and O–H groups in total. The van der Waals surface area contributed by atoms with Gasteiger partial charge in [0.05, 0.1) is 17.7 Å². The summed E-state index contributed by atoms with van der Waals surface area (Å²) in [5.74, 6) is 0.719. The van der Waals surface area contributed by atoms with Gasteiger partial charge in [0.2, 0.25) is 5.91 Å². The summed E-state index contributed by atoms with van der Waals surface area (Å²) in [5.41, 5.74) is 4.97. The first-order valence-electron chi connectivity index (χ1n) is 14.6. The topological polar surface area (TPSA) is 61.9 Å². The van der Waals surface area contributed by atoms with Gasteiger partial charge in [0, 0.05) is 49.7 Å². The van der Waals surface area contributed by atoms with Gasteiger partial charge in [0.1, 0.15) is 5.75 Å². The Bertz CT molecular complexity index is 1460. The van der Waals surface area contributed by atoms with Gasteiger partial charge in [-0.3, -0.25) is 9.59 Å². The first-order chi connectivity index (χ1) is 20.3. The van der Waals surface area contributed by atoms with Gasteiger partial charge in [-0.15, -0.1) is 0 Å². The van der Waals surface area contributed by atoms with Crippen LogP contribution in [0, 0.1) is 0 Å². The lowest BCUT2D eigenvalue weighted by molar-refractivity contribution is -0.132. The molecule has 2 aliphatic heterocycles. The third-order valence-corrected chi connectivity index (χ3v) is 8.76. The molecule has 8 heteroatoms. The van der Waals surface area contributed by atoms with Crippen LogP contribution in [0.1, 0.15) is 43.4 Å². The monoisotopic (exact) mass is 605 g/mol. The Morgan fingerprint density at radius 2 is 1.69 bits per heavy atom. The van der Waals surface area contributed by atoms with E-state index < -0.39 is 0 Å². The van der Waals surface area contributed by atoms with Gasteiger partial charge < -0.3 is 19.9 Å². The number of carbonyl (C=O) groups excluding carboxylic acids is 2. The van der Waals surface area contributed by atoms with Crippen molar-refractivity contribution in [1.29, 1.82) is 0 Å². The summed E-state index contributed by atoms with van der Waals surface area (Å²) < 4.78 is 5.84. The molecule has 2 bridgehead atoms. The summed E-state index contributed by atoms with van der Waals surface area (Å²) in [6.45, 7) is 6.24. The Labute approximate surface area is 258 Å². The summed E-state index contributed by atoms with van der Waals surface area (Å²) in [7, 11) is 0. The summed E-state index contributed by atoms with van der Waals surface area (Å²) in [4.78, 5) is 30.3. The van der Waals surface area contributed by atoms with Crippen LogP contribution in [0.5, 0.6) is 5.75 Å². The Hall–Kier alpha value is -3.32. The molecule has 1 fully saturated rings. The molecule has 3 aromatic rings. The van der Waals surface area contributed by atoms with Crippen LogP contribution in [0.25, 0.3) is 5.57 Å². The minimum atomic E-state index is -0.231. The SMILES string of the molecule is CCN(Cc1ccccc1Cl)C(=O)C1=C(c2ccc(CCCOc3ccccc3Cl)cc2)C[C@@H]2CN(C(C)=O)C[C@H]1N2. The van der Waals surface area contributed by atoms with Gasteiger partial charge in [-0.2, -0.15) is 0 Å². The number of hydrogen-bond acceptors (Lipinski definition) is 4. The van der Waals surface area contributed by atoms with Crippen molar-refractivity contribution < 1.29 is 14.3 Å². The lowest BCUT2D eigenvalue weighted by Crippen LogP contribution is -2.61. The molecule has 42 heavy (non-hydrogen) atoms. The fourth-order valence-corrected chi connectivity index (χ4v) is 6.23. The van der Waals surface area contributed by atoms with E-state index in [1.54, 1.807) is 6.92 Å². The largest absolute Gasteiger partial charge is 0.492 e. The molecule has 220 valence electrons. The number of carbonyl (C=O) groups is 2. The molecule has 0 aromatic heterocycles. The van der Waals surface area contributed by atoms with Crippen molar-refractivity contribution in [2.45, 2.75) is 51.7 Å². The summed E-state index contributed by atoms with van der Waals surface area (Å²) in [5, 5.41) is 4.90. The van der Waals surface area contributed by atoms with Gasteiger partial charge in [0.25, 0.3) is 5.91 Å². The summed E-state index contributed by atoms with van der Waals surface area (Å²) in [6, 6.07) is 23.5. The van der Waals surface area contributed by atoms with Gasteiger partial charge in [-0.05, 0) is 66.6 Å². The zero-order chi connectivity index (χ0) is 29.6. The predicted octanol–water partition coefficient (Wildman–Crippen LogP) is 6.40. The number of aryl methyl sites for hydroxylation is 1. The van der Waals surface area contributed by atoms with E-state index in [2.05, 4.69) is 29.6 Å². The molecular weight excluding hydrogens is 569 g/mol. The molecule has 0 saturated carbocycles. The number of halogens is 2. The molecule has 3 aromatic carbocycles. The molecule has 0 spiro atoms. The number of hydrogen-bond donors (Lipinski definition) is 1. The average molecular weight is 607 g/mol. The number of ether oxygens (including phenoxy) is 1. The highest BCUT2D eigenvalue weighted by atomic mass is 35.5. The van der Waals surface area contributed by atoms with Gasteiger partial charge in [-0.1, -0.05) is 77.8 Å². The normalized spacial score (nSPS) is 18.1. The molecule has 2 amide bonds. The smallest absolute Gasteiger partial charge is 0.252 e. The van der Waals surface area contributed by atoms with Crippen LogP contribution < -0.4 is 10.1 Å². The van der Waals surface area contributed by atoms with Gasteiger partial charge in [0.15, 0.2) is 0 Å². The highest BCUT2D eigenvalue weighted by Crippen LogP contribution is 2.35. The average Bonchev–Trinajstić information content (AvgIpc) is 2.99. The maximum atomic E-state index is 14.2. The molecule has 6 nitrogen and oxygen atoms in total. The Balaban J connectivity index is 1.37. The zero-order valence-corrected chi connectivity index (χ0v) is 25.6. The third-order valence-electron chi connectivity index (χ3n) is 8.07. The minimum Gasteiger partial charge on any atom is -0.492 e. The first kappa shape index (κ1) is 30.1. The van der Waals surface area contributed by atoms with Crippen LogP contribution in [-0.4, -0.2) is 59.9 Å². The number of benzene rings is 3. The highest BCUT2D eigenvalue weighted by Gasteiger charge is 2.40. The summed E-state index contributed by atoms with van der Waals surface area (Å²) >= 11 is 12.7. The van der Waals surface area contributed by atoms with Crippen molar-refractivity contribution in [3.05, 3.63) is 105 Å². The molecule has 2 aliphatic rings. The molecular formula is C34H37Cl2N3O3. The van der Waals surface area contributed by atoms with Crippen molar-refractivity contribution in [3.8, 4) is 5.75 Å². The van der Waals surface area contributed by atoms with Crippen LogP contribution in [-0.2, 0) is 22.6 Å². The number of amides is 2. The predicted molar refractivity (Wildman–Crippen MR) is 169 cm³/mol. The lowest BCUT2D eigenvalue weighted by Gasteiger charge is -2.44. The Morgan fingerprint density at radius 1 is 0.976 bits per heavy atom. The fraction of sp³-hybridized carbons (Fsp3) is 0.353. The van der Waals surface area contributed by atoms with E-state index in [0.29, 0.717) is 55.0 Å². The summed E-state index contributed by atoms with van der Waals surface area (Å²) in [6.07, 6.45) is 2.41. The highest BCUT2D eigenvalue weighted by molar-refractivity contribution is 6.32. The van der Waals surface area contributed by atoms with Crippen LogP contribution in [0.15, 0.2) is 78.4 Å². The quantitative estimate of drug-likeness (QED) is 0.272. The van der Waals surface area contributed by atoms with Crippen LogP contribution in [0.4, 0.5) is 0 Å². The van der Waals surface area contributed by atoms with Crippen molar-refractivity contribution in [3.63, 3.8) is 0 Å². The third kappa shape index (κ3) is 7.00. The maximum absolute atomic E-state index is 14.2. The van der Waals surface area contributed by atoms with E-state index in [0.717, 1.165) is 35.1 Å². The van der Waals surface area contributed by atoms with E-state index in [9.17, 15) is 9.59 Å². The van der Waals surface area contributed by atoms with E-state index in [1.807, 2.05) is 65.3 Å². The number of fused-ring (bicyclic) bond motifs is 2. The van der Waals surface area contributed by atoms with E-state index >= 15 is 0 Å². The molecule has 5 rings (SSSR count). The molecule has 2 heterocycles. The Kier molecular flexibility index (Phi) is 9.88. The lowest BCUT2D eigenvalue weighted by atomic mass is 9.82. The van der Waals surface area contributed by atoms with Crippen LogP contribution in [0.2, 0.25) is 10.0 Å². The van der Waals surface area contributed by atoms with Gasteiger partial charge >= 0.3 is 0 Å². The second-order valence-electron chi connectivity index (χ2n) is 10.9. The number of nitrogens with zero attached hydrogens (tertiary/aromatic N) is 2. The molecule has 2 atom stereocenters. The number of para-hydroxylation sites is 1. The number of piperazine rings is 1. The van der Waals surface area contributed by atoms with Crippen molar-refractivity contribution >= 4 is 40.6 Å². The van der Waals surface area contributed by atoms with E-state index in [1.165, 1.54) is 5.56 Å². The second-order valence-corrected chi connectivity index (χ2v) is 11.7. The number of rotatable bonds is 10. The van der Waals surface area contributed by atoms with E-state index in [-0.39, 0.29) is 23.9 Å². The van der Waals surface area contributed by atoms with Crippen molar-refractivity contribution in [2.75, 3.05) is 26.2 Å². The van der Waals surface area contributed by atoms with E-state index in [4.69, 9.17) is 27.9 Å². The molecule has 0 aliphatic carbocycles. The number of likely N-dealkylation sites (N-methyl/N-ethyl adjacent to an activating group) is 1. The molecule has 0 radical (unpaired) electrons. The minimum absolute atomic E-state index is 0.0189. The molecule has 0 unspecified atom stereocenters. The van der Waals surface area contributed by atoms with Crippen LogP contribution in [0.3, 0.4) is 0 Å². The van der Waals surface area contributed by atoms with Gasteiger partial charge in [-0.25, -0.2) is 0 Å². The van der Waals surface area contributed by atoms with Crippen molar-refractivity contribution in [1.82, 2.24) is 15.1 Å². The molecule has 1 saturated heterocycles. The van der Waals surface area contributed by atoms with Crippen LogP contribution >= 0.6 is 23.2 Å².